The molecule has 8 nitrogen and oxygen atoms in total. The number of hydrogen-bond acceptors (Lipinski definition) is 8. The van der Waals surface area contributed by atoms with Crippen molar-refractivity contribution in [2.75, 3.05) is 37.6 Å². The number of hydrogen-bond donors (Lipinski definition) is 2. The number of fused-ring (bicyclic) bond motifs is 1. The predicted octanol–water partition coefficient (Wildman–Crippen LogP) is 0.606. The van der Waals surface area contributed by atoms with Gasteiger partial charge in [0.2, 0.25) is 4.96 Å². The summed E-state index contributed by atoms with van der Waals surface area (Å²) in [5, 5.41) is 8.47. The third kappa shape index (κ3) is 3.82. The molecule has 0 aliphatic carbocycles. The fraction of sp³-hybridized carbons (Fsp3) is 0.368. The van der Waals surface area contributed by atoms with Gasteiger partial charge in [-0.1, -0.05) is 23.0 Å². The van der Waals surface area contributed by atoms with Crippen molar-refractivity contribution < 1.29 is 4.79 Å². The van der Waals surface area contributed by atoms with Crippen molar-refractivity contribution in [2.24, 2.45) is 5.73 Å². The Morgan fingerprint density at radius 3 is 2.79 bits per heavy atom. The van der Waals surface area contributed by atoms with Crippen LogP contribution in [-0.2, 0) is 11.2 Å². The number of rotatable bonds is 5. The number of nitrogens with two attached hydrogens (primary N) is 1. The molecule has 9 heteroatoms. The molecule has 1 saturated heterocycles. The Hall–Kier alpha value is -2.62. The molecule has 2 aromatic heterocycles. The molecule has 1 aliphatic heterocycles. The molecule has 146 valence electrons. The van der Waals surface area contributed by atoms with Crippen molar-refractivity contribution in [3.05, 3.63) is 45.7 Å². The molecule has 3 N–H and O–H groups in total. The molecule has 0 amide bonds. The SMILES string of the molecule is Cc1cc(CC(=O)CN)cc(-c2nn3c(=O)cc(N4CCNCC4)nc3s2)c1. The van der Waals surface area contributed by atoms with Crippen LogP contribution in [0.25, 0.3) is 15.5 Å². The van der Waals surface area contributed by atoms with Crippen LogP contribution in [0.1, 0.15) is 11.1 Å². The standard InChI is InChI=1S/C19H22N6O2S/c1-12-6-13(9-15(26)11-20)8-14(7-12)18-23-25-17(27)10-16(22-19(25)28-18)24-4-2-21-3-5-24/h6-8,10,21H,2-5,9,11,20H2,1H3. The van der Waals surface area contributed by atoms with Gasteiger partial charge in [0.1, 0.15) is 10.8 Å². The number of aromatic nitrogens is 3. The highest BCUT2D eigenvalue weighted by Crippen LogP contribution is 2.27. The van der Waals surface area contributed by atoms with E-state index in [2.05, 4.69) is 20.3 Å². The van der Waals surface area contributed by atoms with E-state index in [-0.39, 0.29) is 17.9 Å². The molecular weight excluding hydrogens is 376 g/mol. The van der Waals surface area contributed by atoms with Gasteiger partial charge in [0.05, 0.1) is 6.54 Å². The Morgan fingerprint density at radius 1 is 1.25 bits per heavy atom. The highest BCUT2D eigenvalue weighted by atomic mass is 32.1. The van der Waals surface area contributed by atoms with Gasteiger partial charge in [0.25, 0.3) is 5.56 Å². The molecule has 3 heterocycles. The molecule has 3 aromatic rings. The number of nitrogens with zero attached hydrogens (tertiary/aromatic N) is 4. The minimum Gasteiger partial charge on any atom is -0.354 e. The molecule has 0 spiro atoms. The smallest absolute Gasteiger partial charge is 0.277 e. The van der Waals surface area contributed by atoms with E-state index in [1.165, 1.54) is 15.9 Å². The molecule has 0 atom stereocenters. The van der Waals surface area contributed by atoms with Gasteiger partial charge in [-0.25, -0.2) is 4.98 Å². The Balaban J connectivity index is 1.72. The van der Waals surface area contributed by atoms with Crippen LogP contribution in [0.5, 0.6) is 0 Å². The minimum atomic E-state index is -0.188. The fourth-order valence-electron chi connectivity index (χ4n) is 3.36. The fourth-order valence-corrected chi connectivity index (χ4v) is 4.25. The van der Waals surface area contributed by atoms with Crippen LogP contribution in [-0.4, -0.2) is 53.1 Å². The lowest BCUT2D eigenvalue weighted by atomic mass is 10.0. The molecule has 0 unspecified atom stereocenters. The van der Waals surface area contributed by atoms with E-state index in [1.807, 2.05) is 25.1 Å². The third-order valence-electron chi connectivity index (χ3n) is 4.69. The molecule has 28 heavy (non-hydrogen) atoms. The minimum absolute atomic E-state index is 0.0144. The summed E-state index contributed by atoms with van der Waals surface area (Å²) in [6.45, 7) is 5.40. The van der Waals surface area contributed by atoms with Gasteiger partial charge in [0, 0.05) is 44.2 Å². The van der Waals surface area contributed by atoms with Crippen LogP contribution < -0.4 is 21.5 Å². The summed E-state index contributed by atoms with van der Waals surface area (Å²) in [6, 6.07) is 7.44. The highest BCUT2D eigenvalue weighted by Gasteiger charge is 2.16. The molecular formula is C19H22N6O2S. The number of benzene rings is 1. The first-order chi connectivity index (χ1) is 13.5. The summed E-state index contributed by atoms with van der Waals surface area (Å²) in [5.41, 5.74) is 8.04. The second-order valence-corrected chi connectivity index (χ2v) is 7.87. The average molecular weight is 398 g/mol. The summed E-state index contributed by atoms with van der Waals surface area (Å²) < 4.78 is 1.35. The molecule has 1 aromatic carbocycles. The second kappa shape index (κ2) is 7.78. The van der Waals surface area contributed by atoms with Crippen molar-refractivity contribution in [3.63, 3.8) is 0 Å². The quantitative estimate of drug-likeness (QED) is 0.648. The van der Waals surface area contributed by atoms with E-state index >= 15 is 0 Å². The lowest BCUT2D eigenvalue weighted by Crippen LogP contribution is -2.44. The predicted molar refractivity (Wildman–Crippen MR) is 110 cm³/mol. The van der Waals surface area contributed by atoms with Gasteiger partial charge < -0.3 is 16.0 Å². The lowest BCUT2D eigenvalue weighted by molar-refractivity contribution is -0.117. The average Bonchev–Trinajstić information content (AvgIpc) is 3.13. The summed E-state index contributed by atoms with van der Waals surface area (Å²) in [4.78, 5) is 31.6. The number of carbonyl (C=O) groups excluding carboxylic acids is 1. The van der Waals surface area contributed by atoms with E-state index in [1.54, 1.807) is 6.07 Å². The third-order valence-corrected chi connectivity index (χ3v) is 5.64. The molecule has 0 saturated carbocycles. The molecule has 1 fully saturated rings. The van der Waals surface area contributed by atoms with Crippen LogP contribution in [0.15, 0.2) is 29.1 Å². The topological polar surface area (TPSA) is 106 Å². The summed E-state index contributed by atoms with van der Waals surface area (Å²) in [5.74, 6) is 0.680. The number of carbonyl (C=O) groups is 1. The van der Waals surface area contributed by atoms with Crippen LogP contribution in [0, 0.1) is 6.92 Å². The number of ketones is 1. The highest BCUT2D eigenvalue weighted by molar-refractivity contribution is 7.19. The maximum Gasteiger partial charge on any atom is 0.277 e. The van der Waals surface area contributed by atoms with Crippen molar-refractivity contribution in [2.45, 2.75) is 13.3 Å². The molecule has 4 rings (SSSR count). The molecule has 0 bridgehead atoms. The first kappa shape index (κ1) is 18.7. The molecule has 1 aliphatic rings. The maximum atomic E-state index is 12.6. The van der Waals surface area contributed by atoms with Crippen LogP contribution in [0.3, 0.4) is 0 Å². The van der Waals surface area contributed by atoms with Crippen molar-refractivity contribution >= 4 is 27.9 Å². The number of Topliss-reactive ketones (excluding diaryl/α,β-unsaturated/α-hetero) is 1. The van der Waals surface area contributed by atoms with Crippen molar-refractivity contribution in [1.29, 1.82) is 0 Å². The number of nitrogens with one attached hydrogen (secondary N) is 1. The number of aryl methyl sites for hydroxylation is 1. The van der Waals surface area contributed by atoms with Crippen LogP contribution in [0.2, 0.25) is 0 Å². The van der Waals surface area contributed by atoms with Gasteiger partial charge in [-0.15, -0.1) is 0 Å². The van der Waals surface area contributed by atoms with Gasteiger partial charge in [0.15, 0.2) is 5.78 Å². The normalized spacial score (nSPS) is 14.6. The monoisotopic (exact) mass is 398 g/mol. The lowest BCUT2D eigenvalue weighted by Gasteiger charge is -2.27. The molecule has 0 radical (unpaired) electrons. The van der Waals surface area contributed by atoms with Gasteiger partial charge in [-0.2, -0.15) is 9.61 Å². The zero-order valence-electron chi connectivity index (χ0n) is 15.6. The zero-order valence-corrected chi connectivity index (χ0v) is 16.5. The maximum absolute atomic E-state index is 12.6. The van der Waals surface area contributed by atoms with E-state index < -0.39 is 0 Å². The van der Waals surface area contributed by atoms with Gasteiger partial charge in [-0.3, -0.25) is 9.59 Å². The largest absolute Gasteiger partial charge is 0.354 e. The Kier molecular flexibility index (Phi) is 5.21. The zero-order chi connectivity index (χ0) is 19.7. The van der Waals surface area contributed by atoms with Gasteiger partial charge in [-0.05, 0) is 24.6 Å². The van der Waals surface area contributed by atoms with Crippen LogP contribution >= 0.6 is 11.3 Å². The summed E-state index contributed by atoms with van der Waals surface area (Å²) in [7, 11) is 0. The Morgan fingerprint density at radius 2 is 2.04 bits per heavy atom. The first-order valence-electron chi connectivity index (χ1n) is 9.23. The number of piperazine rings is 1. The van der Waals surface area contributed by atoms with Gasteiger partial charge >= 0.3 is 0 Å². The van der Waals surface area contributed by atoms with Crippen LogP contribution in [0.4, 0.5) is 5.82 Å². The summed E-state index contributed by atoms with van der Waals surface area (Å²) >= 11 is 1.37. The Labute approximate surface area is 166 Å². The van der Waals surface area contributed by atoms with Crippen molar-refractivity contribution in [3.8, 4) is 10.6 Å². The van der Waals surface area contributed by atoms with E-state index in [4.69, 9.17) is 5.73 Å². The van der Waals surface area contributed by atoms with E-state index in [9.17, 15) is 9.59 Å². The second-order valence-electron chi connectivity index (χ2n) is 6.92. The Bertz CT molecular complexity index is 1080. The summed E-state index contributed by atoms with van der Waals surface area (Å²) in [6.07, 6.45) is 0.293. The van der Waals surface area contributed by atoms with E-state index in [0.717, 1.165) is 42.9 Å². The van der Waals surface area contributed by atoms with E-state index in [0.29, 0.717) is 22.2 Å². The first-order valence-corrected chi connectivity index (χ1v) is 10.0. The number of anilines is 1. The van der Waals surface area contributed by atoms with Crippen molar-refractivity contribution in [1.82, 2.24) is 19.9 Å².